The molecule has 2 heterocycles. The minimum Gasteiger partial charge on any atom is -0.371 e. The molecule has 0 fully saturated rings. The minimum atomic E-state index is -0.425. The molecule has 6 nitrogen and oxygen atoms in total. The van der Waals surface area contributed by atoms with E-state index in [0.717, 1.165) is 11.1 Å². The van der Waals surface area contributed by atoms with Crippen LogP contribution >= 0.6 is 0 Å². The van der Waals surface area contributed by atoms with E-state index in [9.17, 15) is 9.18 Å². The standard InChI is InChI=1S/C29H25F2N5O/c1-4-19-11-25(18(2)21-6-8-23(30)9-7-21)28(33-14-19)34-15-20-5-10-24(26(31)12-20)22-13-27(36-17-37)29(32-3)35-16-22/h1,5-14,16-18H,15H2,2-3H3,(H,32,35)(H,33,34)(H,36,37). The topological polar surface area (TPSA) is 78.9 Å². The van der Waals surface area contributed by atoms with E-state index < -0.39 is 5.82 Å². The molecule has 0 aliphatic heterocycles. The normalized spacial score (nSPS) is 11.3. The van der Waals surface area contributed by atoms with Crippen molar-refractivity contribution >= 4 is 23.7 Å². The summed E-state index contributed by atoms with van der Waals surface area (Å²) in [6, 6.07) is 14.8. The zero-order chi connectivity index (χ0) is 26.4. The van der Waals surface area contributed by atoms with Crippen LogP contribution in [0.25, 0.3) is 11.1 Å². The Labute approximate surface area is 214 Å². The minimum absolute atomic E-state index is 0.106. The van der Waals surface area contributed by atoms with Crippen molar-refractivity contribution in [3.8, 4) is 23.5 Å². The van der Waals surface area contributed by atoms with Crippen molar-refractivity contribution in [2.45, 2.75) is 19.4 Å². The summed E-state index contributed by atoms with van der Waals surface area (Å²) >= 11 is 0. The van der Waals surface area contributed by atoms with Crippen LogP contribution in [-0.2, 0) is 11.3 Å². The van der Waals surface area contributed by atoms with Crippen LogP contribution in [0.1, 0.15) is 35.1 Å². The number of hydrogen-bond donors (Lipinski definition) is 3. The van der Waals surface area contributed by atoms with Gasteiger partial charge >= 0.3 is 0 Å². The van der Waals surface area contributed by atoms with Crippen LogP contribution in [-0.4, -0.2) is 23.4 Å². The van der Waals surface area contributed by atoms with Crippen molar-refractivity contribution in [3.05, 3.63) is 101 Å². The molecule has 4 rings (SSSR count). The summed E-state index contributed by atoms with van der Waals surface area (Å²) in [5.41, 5.74) is 4.44. The Morgan fingerprint density at radius 3 is 2.46 bits per heavy atom. The predicted octanol–water partition coefficient (Wildman–Crippen LogP) is 5.78. The van der Waals surface area contributed by atoms with E-state index in [-0.39, 0.29) is 11.7 Å². The zero-order valence-electron chi connectivity index (χ0n) is 20.3. The van der Waals surface area contributed by atoms with Gasteiger partial charge in [0.1, 0.15) is 23.3 Å². The van der Waals surface area contributed by atoms with Gasteiger partial charge in [-0.25, -0.2) is 18.7 Å². The van der Waals surface area contributed by atoms with Crippen LogP contribution < -0.4 is 16.0 Å². The molecular weight excluding hydrogens is 472 g/mol. The summed E-state index contributed by atoms with van der Waals surface area (Å²) in [5.74, 6) is 2.85. The van der Waals surface area contributed by atoms with Crippen LogP contribution in [0.15, 0.2) is 67.0 Å². The number of aromatic nitrogens is 2. The second kappa shape index (κ2) is 11.3. The van der Waals surface area contributed by atoms with Gasteiger partial charge < -0.3 is 16.0 Å². The molecule has 0 radical (unpaired) electrons. The van der Waals surface area contributed by atoms with Gasteiger partial charge in [-0.3, -0.25) is 4.79 Å². The first-order chi connectivity index (χ1) is 17.9. The van der Waals surface area contributed by atoms with Crippen molar-refractivity contribution in [1.29, 1.82) is 0 Å². The van der Waals surface area contributed by atoms with E-state index in [4.69, 9.17) is 6.42 Å². The van der Waals surface area contributed by atoms with Crippen LogP contribution in [0, 0.1) is 24.0 Å². The SMILES string of the molecule is C#Cc1cnc(NCc2ccc(-c3cnc(NC)c(NC=O)c3)c(F)c2)c(C(C)c2ccc(F)cc2)c1. The summed E-state index contributed by atoms with van der Waals surface area (Å²) < 4.78 is 28.5. The third-order valence-electron chi connectivity index (χ3n) is 6.06. The maximum absolute atomic E-state index is 15.1. The summed E-state index contributed by atoms with van der Waals surface area (Å²) in [6.45, 7) is 2.31. The highest BCUT2D eigenvalue weighted by atomic mass is 19.1. The molecule has 3 N–H and O–H groups in total. The monoisotopic (exact) mass is 497 g/mol. The smallest absolute Gasteiger partial charge is 0.211 e. The number of nitrogens with zero attached hydrogens (tertiary/aromatic N) is 2. The second-order valence-electron chi connectivity index (χ2n) is 8.38. The molecule has 0 aliphatic rings. The molecule has 8 heteroatoms. The molecule has 186 valence electrons. The Hall–Kier alpha value is -4.77. The molecule has 37 heavy (non-hydrogen) atoms. The number of terminal acetylenes is 1. The summed E-state index contributed by atoms with van der Waals surface area (Å²) in [6.07, 6.45) is 9.26. The molecule has 4 aromatic rings. The highest BCUT2D eigenvalue weighted by Crippen LogP contribution is 2.31. The number of anilines is 3. The highest BCUT2D eigenvalue weighted by Gasteiger charge is 2.16. The Morgan fingerprint density at radius 1 is 1.03 bits per heavy atom. The third-order valence-corrected chi connectivity index (χ3v) is 6.06. The van der Waals surface area contributed by atoms with Crippen LogP contribution in [0.2, 0.25) is 0 Å². The first-order valence-electron chi connectivity index (χ1n) is 11.6. The molecular formula is C29H25F2N5O. The Morgan fingerprint density at radius 2 is 1.78 bits per heavy atom. The first kappa shape index (κ1) is 25.3. The number of nitrogens with one attached hydrogen (secondary N) is 3. The van der Waals surface area contributed by atoms with E-state index in [0.29, 0.717) is 52.5 Å². The van der Waals surface area contributed by atoms with Gasteiger partial charge in [-0.15, -0.1) is 6.42 Å². The molecule has 2 aromatic heterocycles. The fourth-order valence-electron chi connectivity index (χ4n) is 4.04. The molecule has 1 atom stereocenters. The van der Waals surface area contributed by atoms with Gasteiger partial charge in [0.05, 0.1) is 5.69 Å². The van der Waals surface area contributed by atoms with Gasteiger partial charge in [-0.1, -0.05) is 37.1 Å². The molecule has 0 aliphatic carbocycles. The number of benzene rings is 2. The Bertz CT molecular complexity index is 1460. The van der Waals surface area contributed by atoms with Crippen LogP contribution in [0.5, 0.6) is 0 Å². The predicted molar refractivity (Wildman–Crippen MR) is 142 cm³/mol. The van der Waals surface area contributed by atoms with Gasteiger partial charge in [-0.2, -0.15) is 0 Å². The van der Waals surface area contributed by atoms with Crippen molar-refractivity contribution in [2.24, 2.45) is 0 Å². The van der Waals surface area contributed by atoms with E-state index in [1.165, 1.54) is 24.4 Å². The largest absolute Gasteiger partial charge is 0.371 e. The van der Waals surface area contributed by atoms with E-state index >= 15 is 4.39 Å². The summed E-state index contributed by atoms with van der Waals surface area (Å²) in [5, 5.41) is 8.73. The zero-order valence-corrected chi connectivity index (χ0v) is 20.3. The second-order valence-corrected chi connectivity index (χ2v) is 8.38. The van der Waals surface area contributed by atoms with Gasteiger partial charge in [0, 0.05) is 54.2 Å². The summed E-state index contributed by atoms with van der Waals surface area (Å²) in [7, 11) is 1.68. The fourth-order valence-corrected chi connectivity index (χ4v) is 4.04. The van der Waals surface area contributed by atoms with E-state index in [1.54, 1.807) is 37.5 Å². The number of amides is 1. The molecule has 1 unspecified atom stereocenters. The third kappa shape index (κ3) is 5.73. The highest BCUT2D eigenvalue weighted by molar-refractivity contribution is 5.82. The molecule has 2 aromatic carbocycles. The lowest BCUT2D eigenvalue weighted by Crippen LogP contribution is -2.08. The lowest BCUT2D eigenvalue weighted by molar-refractivity contribution is -0.105. The van der Waals surface area contributed by atoms with Gasteiger partial charge in [0.2, 0.25) is 6.41 Å². The number of halogens is 2. The Kier molecular flexibility index (Phi) is 7.74. The quantitative estimate of drug-likeness (QED) is 0.202. The number of carbonyl (C=O) groups is 1. The average molecular weight is 498 g/mol. The molecule has 0 saturated carbocycles. The molecule has 0 spiro atoms. The molecule has 0 saturated heterocycles. The number of hydrogen-bond acceptors (Lipinski definition) is 5. The van der Waals surface area contributed by atoms with E-state index in [2.05, 4.69) is 31.8 Å². The first-order valence-corrected chi connectivity index (χ1v) is 11.6. The average Bonchev–Trinajstić information content (AvgIpc) is 2.92. The maximum Gasteiger partial charge on any atom is 0.211 e. The molecule has 1 amide bonds. The Balaban J connectivity index is 1.57. The fraction of sp³-hybridized carbons (Fsp3) is 0.138. The van der Waals surface area contributed by atoms with Crippen LogP contribution in [0.4, 0.5) is 26.1 Å². The molecule has 0 bridgehead atoms. The number of pyridine rings is 2. The maximum atomic E-state index is 15.1. The van der Waals surface area contributed by atoms with Crippen molar-refractivity contribution < 1.29 is 13.6 Å². The van der Waals surface area contributed by atoms with Gasteiger partial charge in [0.25, 0.3) is 0 Å². The lowest BCUT2D eigenvalue weighted by Gasteiger charge is -2.18. The van der Waals surface area contributed by atoms with Crippen molar-refractivity contribution in [1.82, 2.24) is 9.97 Å². The van der Waals surface area contributed by atoms with Gasteiger partial charge in [0.15, 0.2) is 0 Å². The number of rotatable bonds is 9. The van der Waals surface area contributed by atoms with Crippen molar-refractivity contribution in [3.63, 3.8) is 0 Å². The van der Waals surface area contributed by atoms with Crippen LogP contribution in [0.3, 0.4) is 0 Å². The lowest BCUT2D eigenvalue weighted by atomic mass is 9.92. The van der Waals surface area contributed by atoms with Gasteiger partial charge in [-0.05, 0) is 41.5 Å². The summed E-state index contributed by atoms with van der Waals surface area (Å²) in [4.78, 5) is 19.6. The number of carbonyl (C=O) groups excluding carboxylic acids is 1. The van der Waals surface area contributed by atoms with E-state index in [1.807, 2.05) is 19.1 Å². The van der Waals surface area contributed by atoms with Crippen molar-refractivity contribution in [2.75, 3.05) is 23.0 Å².